The normalized spacial score (nSPS) is 22.8. The lowest BCUT2D eigenvalue weighted by Gasteiger charge is -2.31. The van der Waals surface area contributed by atoms with Crippen LogP contribution in [0.4, 0.5) is 5.69 Å². The van der Waals surface area contributed by atoms with Crippen molar-refractivity contribution in [1.29, 1.82) is 0 Å². The quantitative estimate of drug-likeness (QED) is 0.501. The van der Waals surface area contributed by atoms with Crippen LogP contribution in [0.25, 0.3) is 0 Å². The highest BCUT2D eigenvalue weighted by molar-refractivity contribution is 5.80. The van der Waals surface area contributed by atoms with Gasteiger partial charge in [0.1, 0.15) is 11.5 Å². The van der Waals surface area contributed by atoms with Crippen LogP contribution in [0, 0.1) is 5.92 Å². The van der Waals surface area contributed by atoms with Crippen molar-refractivity contribution in [2.75, 3.05) is 64.9 Å². The molecular weight excluding hydrogens is 378 g/mol. The fourth-order valence-corrected chi connectivity index (χ4v) is 4.41. The number of benzene rings is 1. The van der Waals surface area contributed by atoms with Crippen LogP contribution in [0.5, 0.6) is 11.5 Å². The predicted octanol–water partition coefficient (Wildman–Crippen LogP) is 2.57. The van der Waals surface area contributed by atoms with Crippen LogP contribution in [0.15, 0.2) is 23.2 Å². The minimum atomic E-state index is 0.374. The number of ether oxygens (including phenoxy) is 2. The van der Waals surface area contributed by atoms with Crippen molar-refractivity contribution in [2.24, 2.45) is 10.9 Å². The lowest BCUT2D eigenvalue weighted by atomic mass is 9.98. The highest BCUT2D eigenvalue weighted by atomic mass is 16.5. The largest absolute Gasteiger partial charge is 0.497 e. The number of hydrogen-bond acceptors (Lipinski definition) is 5. The number of anilines is 1. The molecular formula is C23H39N5O2. The molecule has 0 amide bonds. The lowest BCUT2D eigenvalue weighted by molar-refractivity contribution is 0.186. The topological polar surface area (TPSA) is 61.4 Å². The molecule has 2 N–H and O–H groups in total. The van der Waals surface area contributed by atoms with E-state index in [9.17, 15) is 0 Å². The minimum Gasteiger partial charge on any atom is -0.497 e. The Morgan fingerprint density at radius 2 is 1.83 bits per heavy atom. The van der Waals surface area contributed by atoms with Crippen LogP contribution in [0.2, 0.25) is 0 Å². The van der Waals surface area contributed by atoms with Gasteiger partial charge in [-0.3, -0.25) is 4.99 Å². The van der Waals surface area contributed by atoms with Crippen molar-refractivity contribution in [1.82, 2.24) is 15.5 Å². The summed E-state index contributed by atoms with van der Waals surface area (Å²) in [4.78, 5) is 9.86. The summed E-state index contributed by atoms with van der Waals surface area (Å²) in [5.74, 6) is 3.26. The van der Waals surface area contributed by atoms with Gasteiger partial charge in [-0.1, -0.05) is 6.92 Å². The number of guanidine groups is 1. The van der Waals surface area contributed by atoms with Crippen molar-refractivity contribution >= 4 is 11.6 Å². The zero-order valence-corrected chi connectivity index (χ0v) is 19.1. The number of aliphatic imine (C=N–C) groups is 1. The standard InChI is InChI=1S/C23H39N5O2/c1-5-24-23(25-15-18-8-7-10-27(6-2)16-18)26-19-9-11-28(17-19)20-12-21(29-3)14-22(13-20)30-4/h12-14,18-19H,5-11,15-17H2,1-4H3,(H2,24,25,26). The summed E-state index contributed by atoms with van der Waals surface area (Å²) in [6.07, 6.45) is 3.66. The average Bonchev–Trinajstić information content (AvgIpc) is 3.26. The van der Waals surface area contributed by atoms with Crippen LogP contribution in [0.1, 0.15) is 33.1 Å². The fourth-order valence-electron chi connectivity index (χ4n) is 4.41. The predicted molar refractivity (Wildman–Crippen MR) is 124 cm³/mol. The molecule has 1 aromatic carbocycles. The molecule has 0 spiro atoms. The van der Waals surface area contributed by atoms with E-state index in [4.69, 9.17) is 14.5 Å². The molecule has 1 aromatic rings. The molecule has 2 heterocycles. The first-order valence-corrected chi connectivity index (χ1v) is 11.4. The Balaban J connectivity index is 1.58. The molecule has 2 unspecified atom stereocenters. The Morgan fingerprint density at radius 3 is 2.50 bits per heavy atom. The first-order valence-electron chi connectivity index (χ1n) is 11.4. The van der Waals surface area contributed by atoms with E-state index < -0.39 is 0 Å². The van der Waals surface area contributed by atoms with Crippen molar-refractivity contribution in [3.63, 3.8) is 0 Å². The van der Waals surface area contributed by atoms with Gasteiger partial charge in [0, 0.05) is 62.7 Å². The maximum atomic E-state index is 5.43. The molecule has 2 saturated heterocycles. The molecule has 2 atom stereocenters. The van der Waals surface area contributed by atoms with Crippen molar-refractivity contribution in [3.8, 4) is 11.5 Å². The third-order valence-electron chi connectivity index (χ3n) is 6.13. The summed E-state index contributed by atoms with van der Waals surface area (Å²) in [5.41, 5.74) is 1.14. The fraction of sp³-hybridized carbons (Fsp3) is 0.696. The van der Waals surface area contributed by atoms with Gasteiger partial charge in [0.2, 0.25) is 0 Å². The highest BCUT2D eigenvalue weighted by Crippen LogP contribution is 2.30. The van der Waals surface area contributed by atoms with Gasteiger partial charge in [-0.2, -0.15) is 0 Å². The van der Waals surface area contributed by atoms with Gasteiger partial charge in [-0.25, -0.2) is 0 Å². The molecule has 2 fully saturated rings. The molecule has 0 aromatic heterocycles. The second-order valence-electron chi connectivity index (χ2n) is 8.27. The Kier molecular flexibility index (Phi) is 8.49. The van der Waals surface area contributed by atoms with Gasteiger partial charge >= 0.3 is 0 Å². The molecule has 2 aliphatic rings. The van der Waals surface area contributed by atoms with E-state index in [2.05, 4.69) is 46.4 Å². The van der Waals surface area contributed by atoms with Gasteiger partial charge in [-0.15, -0.1) is 0 Å². The molecule has 7 nitrogen and oxygen atoms in total. The molecule has 0 saturated carbocycles. The summed E-state index contributed by atoms with van der Waals surface area (Å²) in [5, 5.41) is 7.09. The summed E-state index contributed by atoms with van der Waals surface area (Å²) < 4.78 is 10.9. The third kappa shape index (κ3) is 6.17. The van der Waals surface area contributed by atoms with E-state index in [-0.39, 0.29) is 0 Å². The molecule has 0 bridgehead atoms. The van der Waals surface area contributed by atoms with Crippen molar-refractivity contribution in [2.45, 2.75) is 39.2 Å². The van der Waals surface area contributed by atoms with E-state index in [1.165, 1.54) is 25.9 Å². The van der Waals surface area contributed by atoms with E-state index in [0.717, 1.165) is 62.3 Å². The minimum absolute atomic E-state index is 0.374. The van der Waals surface area contributed by atoms with Crippen LogP contribution in [-0.4, -0.2) is 76.9 Å². The van der Waals surface area contributed by atoms with Crippen molar-refractivity contribution < 1.29 is 9.47 Å². The Morgan fingerprint density at radius 1 is 1.07 bits per heavy atom. The number of methoxy groups -OCH3 is 2. The van der Waals surface area contributed by atoms with Gasteiger partial charge in [0.25, 0.3) is 0 Å². The molecule has 30 heavy (non-hydrogen) atoms. The first-order chi connectivity index (χ1) is 14.6. The second-order valence-corrected chi connectivity index (χ2v) is 8.27. The van der Waals surface area contributed by atoms with Crippen LogP contribution < -0.4 is 25.0 Å². The average molecular weight is 418 g/mol. The second kappa shape index (κ2) is 11.3. The number of piperidine rings is 1. The summed E-state index contributed by atoms with van der Waals surface area (Å²) in [6.45, 7) is 11.6. The van der Waals surface area contributed by atoms with Gasteiger partial charge in [-0.05, 0) is 45.2 Å². The van der Waals surface area contributed by atoms with Crippen LogP contribution in [0.3, 0.4) is 0 Å². The molecule has 7 heteroatoms. The first kappa shape index (κ1) is 22.5. The number of hydrogen-bond donors (Lipinski definition) is 2. The number of rotatable bonds is 8. The Bertz CT molecular complexity index is 674. The van der Waals surface area contributed by atoms with E-state index in [0.29, 0.717) is 12.0 Å². The van der Waals surface area contributed by atoms with Gasteiger partial charge in [0.15, 0.2) is 5.96 Å². The Labute approximate surface area is 181 Å². The summed E-state index contributed by atoms with van der Waals surface area (Å²) in [7, 11) is 3.39. The molecule has 0 radical (unpaired) electrons. The summed E-state index contributed by atoms with van der Waals surface area (Å²) in [6, 6.07) is 6.44. The zero-order valence-electron chi connectivity index (χ0n) is 19.1. The number of likely N-dealkylation sites (tertiary alicyclic amines) is 1. The van der Waals surface area contributed by atoms with E-state index in [1.54, 1.807) is 14.2 Å². The number of nitrogens with zero attached hydrogens (tertiary/aromatic N) is 3. The monoisotopic (exact) mass is 417 g/mol. The van der Waals surface area contributed by atoms with Crippen LogP contribution in [-0.2, 0) is 0 Å². The smallest absolute Gasteiger partial charge is 0.191 e. The van der Waals surface area contributed by atoms with Gasteiger partial charge in [0.05, 0.1) is 14.2 Å². The number of nitrogens with one attached hydrogen (secondary N) is 2. The van der Waals surface area contributed by atoms with E-state index in [1.807, 2.05) is 6.07 Å². The van der Waals surface area contributed by atoms with E-state index >= 15 is 0 Å². The highest BCUT2D eigenvalue weighted by Gasteiger charge is 2.25. The molecule has 168 valence electrons. The Hall–Kier alpha value is -2.15. The summed E-state index contributed by atoms with van der Waals surface area (Å²) >= 11 is 0. The third-order valence-corrected chi connectivity index (χ3v) is 6.13. The van der Waals surface area contributed by atoms with Gasteiger partial charge < -0.3 is 29.9 Å². The maximum absolute atomic E-state index is 5.43. The molecule has 2 aliphatic heterocycles. The zero-order chi connectivity index (χ0) is 21.3. The molecule has 3 rings (SSSR count). The van der Waals surface area contributed by atoms with Crippen molar-refractivity contribution in [3.05, 3.63) is 18.2 Å². The lowest BCUT2D eigenvalue weighted by Crippen LogP contribution is -2.45. The maximum Gasteiger partial charge on any atom is 0.191 e. The molecule has 0 aliphatic carbocycles. The van der Waals surface area contributed by atoms with Crippen LogP contribution >= 0.6 is 0 Å². The SMILES string of the molecule is CCNC(=NCC1CCCN(CC)C1)NC1CCN(c2cc(OC)cc(OC)c2)C1.